The summed E-state index contributed by atoms with van der Waals surface area (Å²) in [6.07, 6.45) is 0. The Morgan fingerprint density at radius 1 is 1.25 bits per heavy atom. The van der Waals surface area contributed by atoms with Gasteiger partial charge in [-0.2, -0.15) is 0 Å². The van der Waals surface area contributed by atoms with Crippen LogP contribution < -0.4 is 15.8 Å². The second-order valence-corrected chi connectivity index (χ2v) is 2.95. The third kappa shape index (κ3) is 1.33. The molecule has 0 amide bonds. The number of hydrazine groups is 1. The van der Waals surface area contributed by atoms with Crippen LogP contribution in [-0.2, 0) is 0 Å². The predicted octanol–water partition coefficient (Wildman–Crippen LogP) is 0.843. The van der Waals surface area contributed by atoms with Crippen LogP contribution in [0, 0.1) is 0 Å². The molecule has 0 bridgehead atoms. The van der Waals surface area contributed by atoms with E-state index in [1.807, 2.05) is 35.3 Å². The van der Waals surface area contributed by atoms with Gasteiger partial charge >= 0.3 is 0 Å². The van der Waals surface area contributed by atoms with Gasteiger partial charge in [0, 0.05) is 0 Å². The van der Waals surface area contributed by atoms with Gasteiger partial charge in [0.25, 0.3) is 0 Å². The number of hydrogen-bond donors (Lipinski definition) is 2. The molecule has 2 rings (SSSR count). The van der Waals surface area contributed by atoms with E-state index in [0.29, 0.717) is 5.11 Å². The van der Waals surface area contributed by atoms with E-state index in [-0.39, 0.29) is 0 Å². The van der Waals surface area contributed by atoms with Crippen molar-refractivity contribution in [2.45, 2.75) is 0 Å². The molecule has 0 aromatic heterocycles. The lowest BCUT2D eigenvalue weighted by Gasteiger charge is -2.15. The van der Waals surface area contributed by atoms with Crippen molar-refractivity contribution in [1.82, 2.24) is 10.7 Å². The second-order valence-electron chi connectivity index (χ2n) is 2.54. The Morgan fingerprint density at radius 3 is 2.58 bits per heavy atom. The number of hydrogen-bond acceptors (Lipinski definition) is 2. The molecule has 0 unspecified atom stereocenters. The van der Waals surface area contributed by atoms with Crippen LogP contribution in [0.3, 0.4) is 0 Å². The largest absolute Gasteiger partial charge is 0.342 e. The van der Waals surface area contributed by atoms with Gasteiger partial charge in [0.05, 0.1) is 5.69 Å². The summed E-state index contributed by atoms with van der Waals surface area (Å²) in [5.41, 5.74) is 4.14. The van der Waals surface area contributed by atoms with E-state index in [9.17, 15) is 0 Å². The molecule has 0 atom stereocenters. The molecule has 62 valence electrons. The summed E-state index contributed by atoms with van der Waals surface area (Å²) in [6, 6.07) is 10.0. The molecule has 1 aromatic rings. The molecule has 1 saturated heterocycles. The topological polar surface area (TPSA) is 27.3 Å². The first-order valence-electron chi connectivity index (χ1n) is 3.73. The fourth-order valence-corrected chi connectivity index (χ4v) is 1.29. The lowest BCUT2D eigenvalue weighted by molar-refractivity contribution is 0.834. The van der Waals surface area contributed by atoms with Crippen LogP contribution in [0.15, 0.2) is 30.3 Å². The molecule has 0 radical (unpaired) electrons. The van der Waals surface area contributed by atoms with Gasteiger partial charge in [0.2, 0.25) is 0 Å². The van der Waals surface area contributed by atoms with Crippen molar-refractivity contribution >= 4 is 23.0 Å². The summed E-state index contributed by atoms with van der Waals surface area (Å²) in [7, 11) is 0. The highest BCUT2D eigenvalue weighted by Gasteiger charge is 2.13. The molecular formula is C8H9N3S. The molecule has 0 aliphatic carbocycles. The maximum absolute atomic E-state index is 4.93. The lowest BCUT2D eigenvalue weighted by Crippen LogP contribution is -2.32. The average molecular weight is 179 g/mol. The Balaban J connectivity index is 2.16. The van der Waals surface area contributed by atoms with E-state index in [1.165, 1.54) is 0 Å². The van der Waals surface area contributed by atoms with Gasteiger partial charge in [-0.3, -0.25) is 10.4 Å². The van der Waals surface area contributed by atoms with Gasteiger partial charge in [-0.15, -0.1) is 0 Å². The smallest absolute Gasteiger partial charge is 0.186 e. The van der Waals surface area contributed by atoms with Crippen LogP contribution in [0.25, 0.3) is 0 Å². The minimum Gasteiger partial charge on any atom is -0.342 e. The predicted molar refractivity (Wildman–Crippen MR) is 52.7 cm³/mol. The Bertz CT molecular complexity index is 286. The van der Waals surface area contributed by atoms with E-state index >= 15 is 0 Å². The minimum atomic E-state index is 0.679. The van der Waals surface area contributed by atoms with Crippen LogP contribution in [-0.4, -0.2) is 11.8 Å². The van der Waals surface area contributed by atoms with Crippen LogP contribution in [0.2, 0.25) is 0 Å². The first-order chi connectivity index (χ1) is 5.86. The van der Waals surface area contributed by atoms with Gasteiger partial charge in [-0.05, 0) is 24.4 Å². The van der Waals surface area contributed by atoms with Crippen molar-refractivity contribution < 1.29 is 0 Å². The fourth-order valence-electron chi connectivity index (χ4n) is 1.12. The first-order valence-corrected chi connectivity index (χ1v) is 4.14. The molecule has 1 aliphatic rings. The highest BCUT2D eigenvalue weighted by molar-refractivity contribution is 7.80. The first kappa shape index (κ1) is 7.36. The van der Waals surface area contributed by atoms with E-state index in [2.05, 4.69) is 10.7 Å². The number of nitrogens with zero attached hydrogens (tertiary/aromatic N) is 1. The van der Waals surface area contributed by atoms with Crippen molar-refractivity contribution in [3.63, 3.8) is 0 Å². The van der Waals surface area contributed by atoms with Crippen molar-refractivity contribution in [3.05, 3.63) is 30.3 Å². The number of thiocarbonyl (C=S) groups is 1. The number of anilines is 1. The zero-order chi connectivity index (χ0) is 8.39. The second kappa shape index (κ2) is 2.98. The quantitative estimate of drug-likeness (QED) is 0.625. The number of benzene rings is 1. The standard InChI is InChI=1S/C8H9N3S/c12-8-9-6-11(10-8)7-4-2-1-3-5-7/h1-5H,6H2,(H2,9,10,12). The summed E-state index contributed by atoms with van der Waals surface area (Å²) in [6.45, 7) is 0.725. The Hall–Kier alpha value is -1.29. The minimum absolute atomic E-state index is 0.679. The van der Waals surface area contributed by atoms with E-state index in [1.54, 1.807) is 0 Å². The normalized spacial score (nSPS) is 15.7. The van der Waals surface area contributed by atoms with Crippen molar-refractivity contribution in [2.24, 2.45) is 0 Å². The summed E-state index contributed by atoms with van der Waals surface area (Å²) in [5, 5.41) is 5.65. The molecule has 0 saturated carbocycles. The third-order valence-corrected chi connectivity index (χ3v) is 1.94. The molecule has 12 heavy (non-hydrogen) atoms. The summed E-state index contributed by atoms with van der Waals surface area (Å²) in [4.78, 5) is 0. The van der Waals surface area contributed by atoms with Crippen LogP contribution >= 0.6 is 12.2 Å². The summed E-state index contributed by atoms with van der Waals surface area (Å²) in [5.74, 6) is 0. The van der Waals surface area contributed by atoms with Crippen LogP contribution in [0.4, 0.5) is 5.69 Å². The molecule has 1 fully saturated rings. The highest BCUT2D eigenvalue weighted by atomic mass is 32.1. The average Bonchev–Trinajstić information content (AvgIpc) is 2.54. The zero-order valence-electron chi connectivity index (χ0n) is 6.45. The molecule has 2 N–H and O–H groups in total. The molecule has 0 spiro atoms. The van der Waals surface area contributed by atoms with E-state index in [0.717, 1.165) is 12.4 Å². The highest BCUT2D eigenvalue weighted by Crippen LogP contribution is 2.11. The number of rotatable bonds is 1. The number of nitrogens with one attached hydrogen (secondary N) is 2. The molecule has 4 heteroatoms. The van der Waals surface area contributed by atoms with Crippen molar-refractivity contribution in [1.29, 1.82) is 0 Å². The van der Waals surface area contributed by atoms with E-state index < -0.39 is 0 Å². The number of para-hydroxylation sites is 1. The van der Waals surface area contributed by atoms with Gasteiger partial charge in [0.1, 0.15) is 6.67 Å². The fraction of sp³-hybridized carbons (Fsp3) is 0.125. The molecule has 1 aromatic carbocycles. The maximum Gasteiger partial charge on any atom is 0.186 e. The van der Waals surface area contributed by atoms with Crippen LogP contribution in [0.1, 0.15) is 0 Å². The van der Waals surface area contributed by atoms with Crippen molar-refractivity contribution in [2.75, 3.05) is 11.7 Å². The van der Waals surface area contributed by atoms with E-state index in [4.69, 9.17) is 12.2 Å². The molecule has 1 aliphatic heterocycles. The summed E-state index contributed by atoms with van der Waals surface area (Å²) >= 11 is 4.93. The van der Waals surface area contributed by atoms with Gasteiger partial charge in [-0.25, -0.2) is 0 Å². The summed E-state index contributed by atoms with van der Waals surface area (Å²) < 4.78 is 0. The lowest BCUT2D eigenvalue weighted by atomic mass is 10.3. The Kier molecular flexibility index (Phi) is 1.83. The third-order valence-electron chi connectivity index (χ3n) is 1.70. The monoisotopic (exact) mass is 179 g/mol. The molecule has 3 nitrogen and oxygen atoms in total. The van der Waals surface area contributed by atoms with Gasteiger partial charge in [-0.1, -0.05) is 18.2 Å². The van der Waals surface area contributed by atoms with Gasteiger partial charge < -0.3 is 5.32 Å². The van der Waals surface area contributed by atoms with Crippen LogP contribution in [0.5, 0.6) is 0 Å². The van der Waals surface area contributed by atoms with Crippen molar-refractivity contribution in [3.8, 4) is 0 Å². The zero-order valence-corrected chi connectivity index (χ0v) is 7.27. The Morgan fingerprint density at radius 2 is 2.00 bits per heavy atom. The SMILES string of the molecule is S=C1NCN(c2ccccc2)N1. The maximum atomic E-state index is 4.93. The Labute approximate surface area is 76.3 Å². The van der Waals surface area contributed by atoms with Gasteiger partial charge in [0.15, 0.2) is 5.11 Å². The molecule has 1 heterocycles. The molecular weight excluding hydrogens is 170 g/mol.